The third kappa shape index (κ3) is 3.03. The second kappa shape index (κ2) is 6.83. The molecule has 1 N–H and O–H groups in total. The van der Waals surface area contributed by atoms with Crippen LogP contribution in [-0.4, -0.2) is 45.3 Å². The average molecular weight is 373 g/mol. The first-order chi connectivity index (χ1) is 12.3. The summed E-state index contributed by atoms with van der Waals surface area (Å²) in [6, 6.07) is 7.12. The van der Waals surface area contributed by atoms with Crippen LogP contribution in [0.2, 0.25) is 0 Å². The van der Waals surface area contributed by atoms with Crippen LogP contribution in [0, 0.1) is 0 Å². The summed E-state index contributed by atoms with van der Waals surface area (Å²) in [4.78, 5) is 25.5. The Kier molecular flexibility index (Phi) is 4.88. The van der Waals surface area contributed by atoms with E-state index in [0.29, 0.717) is 5.88 Å². The Bertz CT molecular complexity index is 799. The van der Waals surface area contributed by atoms with Crippen LogP contribution < -0.4 is 0 Å². The fraction of sp³-hybridized carbons (Fsp3) is 0.400. The molecule has 1 heterocycles. The number of thioether (sulfide) groups is 1. The summed E-state index contributed by atoms with van der Waals surface area (Å²) in [6.45, 7) is 9.76. The molecule has 5 nitrogen and oxygen atoms in total. The number of carbonyl (C=O) groups is 2. The summed E-state index contributed by atoms with van der Waals surface area (Å²) < 4.78 is 5.00. The molecular weight excluding hydrogens is 350 g/mol. The maximum atomic E-state index is 12.6. The number of rotatable bonds is 4. The summed E-state index contributed by atoms with van der Waals surface area (Å²) in [5, 5.41) is 9.51. The summed E-state index contributed by atoms with van der Waals surface area (Å²) in [5.41, 5.74) is 4.41. The normalized spacial score (nSPS) is 23.7. The number of hydrogen-bond acceptors (Lipinski definition) is 4. The van der Waals surface area contributed by atoms with E-state index < -0.39 is 22.9 Å². The molecule has 26 heavy (non-hydrogen) atoms. The molecule has 0 aromatic heterocycles. The van der Waals surface area contributed by atoms with E-state index in [9.17, 15) is 14.7 Å². The number of carboxylic acid groups (broad SMARTS) is 1. The number of hydrogen-bond donors (Lipinski definition) is 1. The van der Waals surface area contributed by atoms with Crippen LogP contribution in [0.5, 0.6) is 0 Å². The molecule has 1 amide bonds. The lowest BCUT2D eigenvalue weighted by molar-refractivity contribution is -0.142. The molecular formula is C20H23NO4S. The van der Waals surface area contributed by atoms with Crippen molar-refractivity contribution in [1.82, 2.24) is 4.90 Å². The van der Waals surface area contributed by atoms with Gasteiger partial charge in [0.05, 0.1) is 5.88 Å². The lowest BCUT2D eigenvalue weighted by atomic mass is 9.98. The molecule has 2 aliphatic rings. The molecule has 1 aliphatic carbocycles. The fourth-order valence-electron chi connectivity index (χ4n) is 3.76. The molecule has 1 aromatic rings. The Labute approximate surface area is 157 Å². The molecule has 0 spiro atoms. The third-order valence-electron chi connectivity index (χ3n) is 5.17. The fourth-order valence-corrected chi connectivity index (χ4v) is 4.87. The minimum Gasteiger partial charge on any atom is -0.480 e. The number of carbonyl (C=O) groups excluding carboxylic acids is 1. The summed E-state index contributed by atoms with van der Waals surface area (Å²) in [7, 11) is 0. The Balaban J connectivity index is 1.75. The monoisotopic (exact) mass is 373 g/mol. The van der Waals surface area contributed by atoms with E-state index in [-0.39, 0.29) is 12.5 Å². The van der Waals surface area contributed by atoms with Gasteiger partial charge in [0.2, 0.25) is 0 Å². The van der Waals surface area contributed by atoms with Gasteiger partial charge in [-0.3, -0.25) is 4.90 Å². The molecule has 1 fully saturated rings. The van der Waals surface area contributed by atoms with E-state index in [1.165, 1.54) is 16.7 Å². The maximum Gasteiger partial charge on any atom is 0.411 e. The van der Waals surface area contributed by atoms with Gasteiger partial charge in [0.25, 0.3) is 0 Å². The highest BCUT2D eigenvalue weighted by molar-refractivity contribution is 8.00. The van der Waals surface area contributed by atoms with Crippen molar-refractivity contribution in [3.05, 3.63) is 53.6 Å². The highest BCUT2D eigenvalue weighted by Crippen LogP contribution is 2.43. The number of fused-ring (bicyclic) bond motifs is 1. The van der Waals surface area contributed by atoms with Crippen LogP contribution in [0.3, 0.4) is 0 Å². The molecule has 0 saturated carbocycles. The second-order valence-corrected chi connectivity index (χ2v) is 8.70. The standard InChI is InChI=1S/C20H23NO4S/c1-5-13-12(2)16(15-9-7-6-8-14(13)15)10-25-19(24)21-11-26-20(3,4)17(21)18(22)23/h5-9,16-17H,1,10-11H2,2-4H3,(H,22,23)/t16?,17-/m1/s1. The van der Waals surface area contributed by atoms with Gasteiger partial charge in [-0.1, -0.05) is 42.5 Å². The maximum absolute atomic E-state index is 12.6. The Morgan fingerprint density at radius 3 is 2.77 bits per heavy atom. The lowest BCUT2D eigenvalue weighted by Crippen LogP contribution is -2.49. The largest absolute Gasteiger partial charge is 0.480 e. The highest BCUT2D eigenvalue weighted by Gasteiger charge is 2.49. The van der Waals surface area contributed by atoms with Crippen molar-refractivity contribution in [1.29, 1.82) is 0 Å². The smallest absolute Gasteiger partial charge is 0.411 e. The molecule has 2 atom stereocenters. The summed E-state index contributed by atoms with van der Waals surface area (Å²) in [6.07, 6.45) is 1.25. The number of amides is 1. The van der Waals surface area contributed by atoms with Crippen molar-refractivity contribution < 1.29 is 19.4 Å². The van der Waals surface area contributed by atoms with Gasteiger partial charge >= 0.3 is 12.1 Å². The van der Waals surface area contributed by atoms with Crippen molar-refractivity contribution in [2.45, 2.75) is 37.5 Å². The topological polar surface area (TPSA) is 66.8 Å². The van der Waals surface area contributed by atoms with Crippen LogP contribution in [0.1, 0.15) is 37.8 Å². The van der Waals surface area contributed by atoms with Gasteiger partial charge in [-0.05, 0) is 37.5 Å². The van der Waals surface area contributed by atoms with Gasteiger partial charge in [0.15, 0.2) is 0 Å². The molecule has 1 aliphatic heterocycles. The number of nitrogens with zero attached hydrogens (tertiary/aromatic N) is 1. The molecule has 1 unspecified atom stereocenters. The van der Waals surface area contributed by atoms with E-state index in [1.54, 1.807) is 0 Å². The number of aliphatic carboxylic acids is 1. The first-order valence-electron chi connectivity index (χ1n) is 8.50. The van der Waals surface area contributed by atoms with Crippen molar-refractivity contribution >= 4 is 29.4 Å². The van der Waals surface area contributed by atoms with Crippen molar-refractivity contribution in [2.24, 2.45) is 0 Å². The second-order valence-electron chi connectivity index (χ2n) is 7.11. The van der Waals surface area contributed by atoms with Crippen molar-refractivity contribution in [3.8, 4) is 0 Å². The van der Waals surface area contributed by atoms with Gasteiger partial charge in [0.1, 0.15) is 12.6 Å². The number of ether oxygens (including phenoxy) is 1. The lowest BCUT2D eigenvalue weighted by Gasteiger charge is -2.27. The van der Waals surface area contributed by atoms with Gasteiger partial charge in [-0.15, -0.1) is 11.8 Å². The van der Waals surface area contributed by atoms with Crippen LogP contribution in [0.25, 0.3) is 5.57 Å². The number of benzene rings is 1. The first kappa shape index (κ1) is 18.6. The SMILES string of the molecule is C=CC1=C(C)C(COC(=O)N2CSC(C)(C)[C@H]2C(=O)O)c2ccccc21. The zero-order chi connectivity index (χ0) is 19.1. The van der Waals surface area contributed by atoms with Gasteiger partial charge < -0.3 is 9.84 Å². The van der Waals surface area contributed by atoms with Gasteiger partial charge in [-0.2, -0.15) is 0 Å². The highest BCUT2D eigenvalue weighted by atomic mass is 32.2. The Hall–Kier alpha value is -2.21. The van der Waals surface area contributed by atoms with Crippen LogP contribution in [0.4, 0.5) is 4.79 Å². The molecule has 0 bridgehead atoms. The number of allylic oxidation sites excluding steroid dienone is 2. The zero-order valence-corrected chi connectivity index (χ0v) is 16.0. The van der Waals surface area contributed by atoms with Gasteiger partial charge in [0, 0.05) is 10.7 Å². The Morgan fingerprint density at radius 2 is 2.12 bits per heavy atom. The van der Waals surface area contributed by atoms with E-state index in [4.69, 9.17) is 4.74 Å². The molecule has 138 valence electrons. The minimum absolute atomic E-state index is 0.0327. The molecule has 6 heteroatoms. The number of carboxylic acids is 1. The minimum atomic E-state index is -1.01. The quantitative estimate of drug-likeness (QED) is 0.860. The summed E-state index contributed by atoms with van der Waals surface area (Å²) in [5.74, 6) is -0.723. The van der Waals surface area contributed by atoms with Gasteiger partial charge in [-0.25, -0.2) is 9.59 Å². The predicted octanol–water partition coefficient (Wildman–Crippen LogP) is 4.12. The van der Waals surface area contributed by atoms with E-state index in [1.807, 2.05) is 51.1 Å². The van der Waals surface area contributed by atoms with Crippen molar-refractivity contribution in [3.63, 3.8) is 0 Å². The predicted molar refractivity (Wildman–Crippen MR) is 103 cm³/mol. The molecule has 1 saturated heterocycles. The van der Waals surface area contributed by atoms with Crippen molar-refractivity contribution in [2.75, 3.05) is 12.5 Å². The first-order valence-corrected chi connectivity index (χ1v) is 9.49. The van der Waals surface area contributed by atoms with Crippen LogP contribution in [-0.2, 0) is 9.53 Å². The molecule has 1 aromatic carbocycles. The zero-order valence-electron chi connectivity index (χ0n) is 15.2. The average Bonchev–Trinajstić information content (AvgIpc) is 3.05. The van der Waals surface area contributed by atoms with E-state index in [0.717, 1.165) is 22.3 Å². The third-order valence-corrected chi connectivity index (χ3v) is 6.54. The van der Waals surface area contributed by atoms with E-state index >= 15 is 0 Å². The molecule has 3 rings (SSSR count). The summed E-state index contributed by atoms with van der Waals surface area (Å²) >= 11 is 1.45. The van der Waals surface area contributed by atoms with Crippen LogP contribution >= 0.6 is 11.8 Å². The van der Waals surface area contributed by atoms with E-state index in [2.05, 4.69) is 6.58 Å². The Morgan fingerprint density at radius 1 is 1.42 bits per heavy atom. The molecule has 0 radical (unpaired) electrons. The van der Waals surface area contributed by atoms with Crippen LogP contribution in [0.15, 0.2) is 42.5 Å².